The van der Waals surface area contributed by atoms with E-state index in [1.165, 1.54) is 17.2 Å². The SMILES string of the molecule is CC[SiH](C1C=Cc2ccccc21)C1C=Cc2ccccc21.[LiH]. The zero-order valence-corrected chi connectivity index (χ0v) is 13.5. The summed E-state index contributed by atoms with van der Waals surface area (Å²) in [5, 5.41) is 0. The van der Waals surface area contributed by atoms with E-state index in [2.05, 4.69) is 79.8 Å². The fourth-order valence-electron chi connectivity index (χ4n) is 4.03. The van der Waals surface area contributed by atoms with Gasteiger partial charge in [-0.25, -0.2) is 0 Å². The van der Waals surface area contributed by atoms with Crippen molar-refractivity contribution in [3.63, 3.8) is 0 Å². The Morgan fingerprint density at radius 1 is 0.773 bits per heavy atom. The molecule has 22 heavy (non-hydrogen) atoms. The maximum atomic E-state index is 2.47. The molecule has 0 aromatic heterocycles. The van der Waals surface area contributed by atoms with Gasteiger partial charge < -0.3 is 0 Å². The Morgan fingerprint density at radius 3 is 1.68 bits per heavy atom. The predicted octanol–water partition coefficient (Wildman–Crippen LogP) is 4.28. The summed E-state index contributed by atoms with van der Waals surface area (Å²) in [5.74, 6) is 0. The van der Waals surface area contributed by atoms with Gasteiger partial charge in [-0.3, -0.25) is 0 Å². The Balaban J connectivity index is 0.00000144. The first-order valence-electron chi connectivity index (χ1n) is 7.92. The van der Waals surface area contributed by atoms with E-state index < -0.39 is 8.80 Å². The van der Waals surface area contributed by atoms with Crippen LogP contribution < -0.4 is 0 Å². The molecule has 2 aliphatic rings. The molecule has 2 aromatic carbocycles. The zero-order valence-electron chi connectivity index (χ0n) is 12.4. The molecular weight excluding hydrogens is 275 g/mol. The summed E-state index contributed by atoms with van der Waals surface area (Å²) in [6.45, 7) is 2.39. The average molecular weight is 296 g/mol. The molecule has 0 saturated carbocycles. The third-order valence-corrected chi connectivity index (χ3v) is 9.02. The minimum atomic E-state index is -0.966. The first kappa shape index (κ1) is 15.6. The minimum absolute atomic E-state index is 0. The van der Waals surface area contributed by atoms with Gasteiger partial charge in [0.05, 0.1) is 8.80 Å². The molecule has 0 radical (unpaired) electrons. The van der Waals surface area contributed by atoms with Gasteiger partial charge in [0.25, 0.3) is 0 Å². The summed E-state index contributed by atoms with van der Waals surface area (Å²) in [7, 11) is -0.966. The van der Waals surface area contributed by atoms with Gasteiger partial charge in [0.15, 0.2) is 0 Å². The third kappa shape index (κ3) is 2.48. The van der Waals surface area contributed by atoms with Crippen molar-refractivity contribution in [1.29, 1.82) is 0 Å². The van der Waals surface area contributed by atoms with E-state index >= 15 is 0 Å². The van der Waals surface area contributed by atoms with Gasteiger partial charge in [-0.1, -0.05) is 85.8 Å². The van der Waals surface area contributed by atoms with Crippen molar-refractivity contribution in [1.82, 2.24) is 0 Å². The molecule has 0 amide bonds. The molecule has 2 aromatic rings. The van der Waals surface area contributed by atoms with E-state index in [9.17, 15) is 0 Å². The molecule has 0 nitrogen and oxygen atoms in total. The number of benzene rings is 2. The van der Waals surface area contributed by atoms with Crippen LogP contribution in [0.15, 0.2) is 60.7 Å². The molecule has 2 heteroatoms. The molecule has 2 unspecified atom stereocenters. The molecule has 0 spiro atoms. The molecule has 4 rings (SSSR count). The van der Waals surface area contributed by atoms with Crippen molar-refractivity contribution in [2.45, 2.75) is 24.1 Å². The molecule has 2 aliphatic carbocycles. The van der Waals surface area contributed by atoms with Crippen molar-refractivity contribution in [2.75, 3.05) is 0 Å². The Morgan fingerprint density at radius 2 is 1.23 bits per heavy atom. The summed E-state index contributed by atoms with van der Waals surface area (Å²) in [6.07, 6.45) is 9.61. The second kappa shape index (κ2) is 6.46. The van der Waals surface area contributed by atoms with Gasteiger partial charge in [0, 0.05) is 0 Å². The van der Waals surface area contributed by atoms with Gasteiger partial charge in [-0.2, -0.15) is 0 Å². The quantitative estimate of drug-likeness (QED) is 0.741. The molecule has 0 saturated heterocycles. The van der Waals surface area contributed by atoms with Crippen molar-refractivity contribution in [3.8, 4) is 0 Å². The zero-order chi connectivity index (χ0) is 14.2. The van der Waals surface area contributed by atoms with E-state index in [4.69, 9.17) is 0 Å². The maximum absolute atomic E-state index is 2.47. The molecule has 0 bridgehead atoms. The van der Waals surface area contributed by atoms with E-state index in [1.54, 1.807) is 11.1 Å². The number of hydrogen-bond acceptors (Lipinski definition) is 0. The van der Waals surface area contributed by atoms with Crippen LogP contribution in [0.3, 0.4) is 0 Å². The Bertz CT molecular complexity index is 670. The van der Waals surface area contributed by atoms with Crippen LogP contribution in [0.4, 0.5) is 0 Å². The summed E-state index contributed by atoms with van der Waals surface area (Å²) < 4.78 is 0. The Labute approximate surface area is 146 Å². The average Bonchev–Trinajstić information content (AvgIpc) is 3.14. The molecule has 2 atom stereocenters. The summed E-state index contributed by atoms with van der Waals surface area (Å²) in [4.78, 5) is 0. The Kier molecular flexibility index (Phi) is 4.59. The first-order chi connectivity index (χ1) is 10.4. The molecule has 106 valence electrons. The molecule has 0 fully saturated rings. The number of fused-ring (bicyclic) bond motifs is 2. The Hall–Kier alpha value is -1.27. The molecule has 0 heterocycles. The summed E-state index contributed by atoms with van der Waals surface area (Å²) in [6, 6.07) is 19.2. The topological polar surface area (TPSA) is 0 Å². The monoisotopic (exact) mass is 296 g/mol. The fraction of sp³-hybridized carbons (Fsp3) is 0.200. The summed E-state index contributed by atoms with van der Waals surface area (Å²) in [5.41, 5.74) is 7.37. The second-order valence-corrected chi connectivity index (χ2v) is 9.68. The standard InChI is InChI=1S/C20H20Si.Li.H/c1-2-21(19-13-11-15-7-3-5-9-17(15)19)20-14-12-16-8-4-6-10-18(16)20;;/h3-14,19-21H,2H2,1H3;;. The predicted molar refractivity (Wildman–Crippen MR) is 101 cm³/mol. The second-order valence-electron chi connectivity index (χ2n) is 6.10. The van der Waals surface area contributed by atoms with Crippen LogP contribution in [0.2, 0.25) is 6.04 Å². The van der Waals surface area contributed by atoms with Crippen LogP contribution in [0.25, 0.3) is 12.2 Å². The van der Waals surface area contributed by atoms with Crippen LogP contribution >= 0.6 is 0 Å². The van der Waals surface area contributed by atoms with Crippen LogP contribution in [0.1, 0.15) is 40.3 Å². The van der Waals surface area contributed by atoms with E-state index in [-0.39, 0.29) is 18.9 Å². The van der Waals surface area contributed by atoms with E-state index in [0.29, 0.717) is 11.1 Å². The molecular formula is C20H21LiSi. The summed E-state index contributed by atoms with van der Waals surface area (Å²) >= 11 is 0. The van der Waals surface area contributed by atoms with Crippen molar-refractivity contribution >= 4 is 39.8 Å². The van der Waals surface area contributed by atoms with Crippen molar-refractivity contribution < 1.29 is 0 Å². The van der Waals surface area contributed by atoms with E-state index in [1.807, 2.05) is 0 Å². The third-order valence-electron chi connectivity index (χ3n) is 5.07. The van der Waals surface area contributed by atoms with Gasteiger partial charge in [-0.05, 0) is 33.3 Å². The van der Waals surface area contributed by atoms with Crippen LogP contribution in [-0.2, 0) is 0 Å². The van der Waals surface area contributed by atoms with Crippen LogP contribution in [0, 0.1) is 0 Å². The van der Waals surface area contributed by atoms with Crippen LogP contribution in [-0.4, -0.2) is 27.7 Å². The van der Waals surface area contributed by atoms with Gasteiger partial charge in [-0.15, -0.1) is 0 Å². The fourth-order valence-corrected chi connectivity index (χ4v) is 7.82. The molecule has 0 aliphatic heterocycles. The van der Waals surface area contributed by atoms with Crippen molar-refractivity contribution in [2.24, 2.45) is 0 Å². The van der Waals surface area contributed by atoms with Crippen molar-refractivity contribution in [3.05, 3.63) is 82.9 Å². The van der Waals surface area contributed by atoms with Gasteiger partial charge in [0.1, 0.15) is 0 Å². The van der Waals surface area contributed by atoms with Gasteiger partial charge >= 0.3 is 18.9 Å². The number of rotatable bonds is 3. The first-order valence-corrected chi connectivity index (χ1v) is 10.1. The van der Waals surface area contributed by atoms with Crippen LogP contribution in [0.5, 0.6) is 0 Å². The number of hydrogen-bond donors (Lipinski definition) is 0. The van der Waals surface area contributed by atoms with E-state index in [0.717, 1.165) is 0 Å². The number of allylic oxidation sites excluding steroid dienone is 2. The molecule has 0 N–H and O–H groups in total. The normalized spacial score (nSPS) is 22.0. The van der Waals surface area contributed by atoms with Gasteiger partial charge in [0.2, 0.25) is 0 Å².